The van der Waals surface area contributed by atoms with Crippen molar-refractivity contribution in [3.63, 3.8) is 0 Å². The molecule has 1 saturated heterocycles. The lowest BCUT2D eigenvalue weighted by atomic mass is 10.0. The molecule has 0 aliphatic carbocycles. The van der Waals surface area contributed by atoms with E-state index in [9.17, 15) is 23.3 Å². The third-order valence-corrected chi connectivity index (χ3v) is 8.29. The van der Waals surface area contributed by atoms with E-state index in [1.807, 2.05) is 0 Å². The zero-order valence-corrected chi connectivity index (χ0v) is 24.8. The number of nitrogens with two attached hydrogens (primary N) is 1. The molecule has 0 radical (unpaired) electrons. The molecule has 1 fully saturated rings. The van der Waals surface area contributed by atoms with E-state index in [0.29, 0.717) is 32.7 Å². The number of primary amides is 1. The lowest BCUT2D eigenvalue weighted by Crippen LogP contribution is -2.46. The van der Waals surface area contributed by atoms with Gasteiger partial charge in [0.15, 0.2) is 10.6 Å². The highest BCUT2D eigenvalue weighted by Gasteiger charge is 2.40. The Kier molecular flexibility index (Phi) is 8.83. The van der Waals surface area contributed by atoms with Gasteiger partial charge in [-0.25, -0.2) is 4.39 Å². The number of allylic oxidation sites excluding steroid dienone is 1. The summed E-state index contributed by atoms with van der Waals surface area (Å²) < 4.78 is 27.9. The fourth-order valence-corrected chi connectivity index (χ4v) is 5.75. The van der Waals surface area contributed by atoms with Crippen molar-refractivity contribution < 1.29 is 23.3 Å². The van der Waals surface area contributed by atoms with Gasteiger partial charge in [0.05, 0.1) is 30.1 Å². The predicted octanol–water partition coefficient (Wildman–Crippen LogP) is 2.78. The topological polar surface area (TPSA) is 172 Å². The van der Waals surface area contributed by atoms with E-state index in [1.165, 1.54) is 22.0 Å². The van der Waals surface area contributed by atoms with Crippen LogP contribution in [0.1, 0.15) is 29.4 Å². The molecule has 2 aromatic carbocycles. The fourth-order valence-electron chi connectivity index (χ4n) is 5.21. The van der Waals surface area contributed by atoms with Crippen molar-refractivity contribution in [3.8, 4) is 11.1 Å². The van der Waals surface area contributed by atoms with Gasteiger partial charge in [-0.1, -0.05) is 12.1 Å². The first kappa shape index (κ1) is 30.5. The Morgan fingerprint density at radius 1 is 1.20 bits per heavy atom. The molecular formula is C30H29FN8O4S. The second-order valence-corrected chi connectivity index (χ2v) is 11.5. The Bertz CT molecular complexity index is 1790. The van der Waals surface area contributed by atoms with Crippen LogP contribution in [0.2, 0.25) is 0 Å². The Balaban J connectivity index is 1.39. The average Bonchev–Trinajstić information content (AvgIpc) is 3.60. The first-order valence-electron chi connectivity index (χ1n) is 13.5. The van der Waals surface area contributed by atoms with Gasteiger partial charge in [0.25, 0.3) is 5.91 Å². The number of benzene rings is 2. The number of hydrogen-bond donors (Lipinski definition) is 2. The molecule has 1 aliphatic rings. The fraction of sp³-hybridized carbons (Fsp3) is 0.233. The number of carbonyl (C=O) groups excluding carboxylic acids is 3. The van der Waals surface area contributed by atoms with Crippen LogP contribution in [-0.2, 0) is 27.3 Å². The molecule has 5 rings (SSSR count). The van der Waals surface area contributed by atoms with Gasteiger partial charge >= 0.3 is 0 Å². The van der Waals surface area contributed by atoms with Crippen LogP contribution in [0.3, 0.4) is 0 Å². The van der Waals surface area contributed by atoms with Crippen LogP contribution in [0.5, 0.6) is 0 Å². The van der Waals surface area contributed by atoms with Crippen LogP contribution in [0, 0.1) is 0 Å². The van der Waals surface area contributed by atoms with Crippen LogP contribution in [0.4, 0.5) is 10.1 Å². The Hall–Kier alpha value is -4.95. The summed E-state index contributed by atoms with van der Waals surface area (Å²) in [7, 11) is 0. The van der Waals surface area contributed by atoms with Crippen LogP contribution < -0.4 is 11.1 Å². The summed E-state index contributed by atoms with van der Waals surface area (Å²) in [6.07, 6.45) is 4.69. The second-order valence-electron chi connectivity index (χ2n) is 10.1. The summed E-state index contributed by atoms with van der Waals surface area (Å²) in [4.78, 5) is 45.0. The number of hydrogen-bond acceptors (Lipinski definition) is 8. The van der Waals surface area contributed by atoms with Crippen molar-refractivity contribution in [2.24, 2.45) is 10.7 Å². The maximum absolute atomic E-state index is 14.7. The molecule has 2 aromatic heterocycles. The van der Waals surface area contributed by atoms with E-state index in [2.05, 4.69) is 32.3 Å². The molecule has 3 heterocycles. The molecule has 14 heteroatoms. The number of alkyl halides is 1. The molecule has 226 valence electrons. The van der Waals surface area contributed by atoms with Gasteiger partial charge < -0.3 is 20.5 Å². The lowest BCUT2D eigenvalue weighted by Gasteiger charge is -2.24. The highest BCUT2D eigenvalue weighted by molar-refractivity contribution is 7.90. The third-order valence-electron chi connectivity index (χ3n) is 7.37. The maximum atomic E-state index is 14.7. The molecule has 1 aliphatic heterocycles. The van der Waals surface area contributed by atoms with E-state index in [0.717, 1.165) is 11.1 Å². The monoisotopic (exact) mass is 616 g/mol. The summed E-state index contributed by atoms with van der Waals surface area (Å²) in [6.45, 7) is 4.65. The van der Waals surface area contributed by atoms with Crippen molar-refractivity contribution >= 4 is 57.9 Å². The predicted molar refractivity (Wildman–Crippen MR) is 164 cm³/mol. The summed E-state index contributed by atoms with van der Waals surface area (Å²) in [6, 6.07) is 10.8. The number of fused-ring (bicyclic) bond motifs is 1. The van der Waals surface area contributed by atoms with Crippen LogP contribution in [-0.4, -0.2) is 78.9 Å². The number of aromatic nitrogens is 4. The standard InChI is InChI=1S/C30H29FN8O4S/c1-4-23(21-7-6-20(44(3)43)13-24(21)33-2)36-30(42)26-12-19(31)15-38(26)27(40)16-39-25-8-5-17(18-9-10-34-35-14-18)11-22(25)28(37-39)29(32)41/h4-11,13-14,19,26H,2,12,15-16H2,1,3H3,(H2,32,41)(H,36,42)/b23-4+. The molecule has 3 N–H and O–H groups in total. The number of nitrogens with zero attached hydrogens (tertiary/aromatic N) is 6. The number of likely N-dealkylation sites (tertiary alicyclic amines) is 1. The molecule has 0 saturated carbocycles. The van der Waals surface area contributed by atoms with E-state index in [4.69, 9.17) is 5.73 Å². The van der Waals surface area contributed by atoms with Crippen molar-refractivity contribution in [2.45, 2.75) is 37.0 Å². The van der Waals surface area contributed by atoms with Crippen LogP contribution >= 0.6 is 0 Å². The molecule has 0 spiro atoms. The highest BCUT2D eigenvalue weighted by Crippen LogP contribution is 2.30. The SMILES string of the molecule is C=Nc1cc([S+](C)[O-])ccc1/C(=C\C)NC(=O)C1CC(F)CN1C(=O)Cn1nc(C(N)=O)c2cc(-c3ccnnc3)ccc21. The molecule has 4 aromatic rings. The molecular weight excluding hydrogens is 587 g/mol. The molecule has 3 amide bonds. The number of aliphatic imine (C=N–C) groups is 1. The zero-order valence-electron chi connectivity index (χ0n) is 23.9. The van der Waals surface area contributed by atoms with Crippen molar-refractivity contribution in [2.75, 3.05) is 12.8 Å². The van der Waals surface area contributed by atoms with Gasteiger partial charge in [-0.2, -0.15) is 15.3 Å². The highest BCUT2D eigenvalue weighted by atomic mass is 32.2. The van der Waals surface area contributed by atoms with E-state index in [-0.39, 0.29) is 25.2 Å². The van der Waals surface area contributed by atoms with E-state index < -0.39 is 41.1 Å². The minimum atomic E-state index is -1.42. The summed E-state index contributed by atoms with van der Waals surface area (Å²) in [5, 5.41) is 15.2. The summed E-state index contributed by atoms with van der Waals surface area (Å²) in [5.41, 5.74) is 8.85. The number of amides is 3. The molecule has 12 nitrogen and oxygen atoms in total. The van der Waals surface area contributed by atoms with Crippen LogP contribution in [0.15, 0.2) is 70.8 Å². The Morgan fingerprint density at radius 2 is 2.00 bits per heavy atom. The smallest absolute Gasteiger partial charge is 0.269 e. The van der Waals surface area contributed by atoms with Gasteiger partial charge in [-0.3, -0.25) is 24.1 Å². The van der Waals surface area contributed by atoms with Crippen molar-refractivity contribution in [1.82, 2.24) is 30.2 Å². The molecule has 3 unspecified atom stereocenters. The van der Waals surface area contributed by atoms with Crippen LogP contribution in [0.25, 0.3) is 27.7 Å². The largest absolute Gasteiger partial charge is 0.612 e. The van der Waals surface area contributed by atoms with Crippen molar-refractivity contribution in [3.05, 3.63) is 72.2 Å². The number of carbonyl (C=O) groups is 3. The zero-order chi connectivity index (χ0) is 31.5. The molecule has 44 heavy (non-hydrogen) atoms. The van der Waals surface area contributed by atoms with Gasteiger partial charge in [0.2, 0.25) is 11.8 Å². The Labute approximate surface area is 255 Å². The first-order chi connectivity index (χ1) is 21.1. The van der Waals surface area contributed by atoms with Gasteiger partial charge in [-0.15, -0.1) is 0 Å². The normalized spacial score (nSPS) is 17.5. The van der Waals surface area contributed by atoms with Gasteiger partial charge in [0.1, 0.15) is 25.0 Å². The second kappa shape index (κ2) is 12.7. The maximum Gasteiger partial charge on any atom is 0.269 e. The molecule has 0 bridgehead atoms. The minimum Gasteiger partial charge on any atom is -0.612 e. The number of rotatable bonds is 9. The first-order valence-corrected chi connectivity index (χ1v) is 15.1. The third kappa shape index (κ3) is 6.07. The van der Waals surface area contributed by atoms with E-state index in [1.54, 1.807) is 61.7 Å². The Morgan fingerprint density at radius 3 is 2.66 bits per heavy atom. The van der Waals surface area contributed by atoms with Crippen molar-refractivity contribution in [1.29, 1.82) is 0 Å². The summed E-state index contributed by atoms with van der Waals surface area (Å²) in [5.74, 6) is -1.92. The average molecular weight is 617 g/mol. The number of nitrogens with one attached hydrogen (secondary N) is 1. The number of halogens is 1. The lowest BCUT2D eigenvalue weighted by molar-refractivity contribution is -0.138. The summed E-state index contributed by atoms with van der Waals surface area (Å²) >= 11 is -1.25. The quantitative estimate of drug-likeness (QED) is 0.215. The van der Waals surface area contributed by atoms with Gasteiger partial charge in [0, 0.05) is 34.7 Å². The molecule has 3 atom stereocenters. The van der Waals surface area contributed by atoms with Gasteiger partial charge in [-0.05, 0) is 60.7 Å². The van der Waals surface area contributed by atoms with E-state index >= 15 is 0 Å². The minimum absolute atomic E-state index is 0.0296.